The van der Waals surface area contributed by atoms with Crippen LogP contribution in [0.5, 0.6) is 5.75 Å². The number of phenols is 1. The molecule has 2 N–H and O–H groups in total. The molecule has 1 unspecified atom stereocenters. The lowest BCUT2D eigenvalue weighted by Crippen LogP contribution is -2.44. The van der Waals surface area contributed by atoms with Crippen LogP contribution in [0.2, 0.25) is 0 Å². The van der Waals surface area contributed by atoms with E-state index in [9.17, 15) is 19.8 Å². The highest BCUT2D eigenvalue weighted by Gasteiger charge is 2.45. The van der Waals surface area contributed by atoms with E-state index < -0.39 is 17.2 Å². The van der Waals surface area contributed by atoms with Gasteiger partial charge in [0.25, 0.3) is 5.56 Å². The molecule has 0 radical (unpaired) electrons. The first-order valence-electron chi connectivity index (χ1n) is 11.5. The number of ether oxygens (including phenoxy) is 1. The lowest BCUT2D eigenvalue weighted by molar-refractivity contribution is -0.172. The molecule has 2 aliphatic rings. The molecule has 2 aliphatic heterocycles. The van der Waals surface area contributed by atoms with E-state index in [1.54, 1.807) is 35.9 Å². The van der Waals surface area contributed by atoms with Gasteiger partial charge in [0.15, 0.2) is 5.60 Å². The fourth-order valence-electron chi connectivity index (χ4n) is 4.64. The maximum Gasteiger partial charge on any atom is 0.343 e. The minimum Gasteiger partial charge on any atom is -0.508 e. The third kappa shape index (κ3) is 3.67. The van der Waals surface area contributed by atoms with Crippen molar-refractivity contribution in [1.29, 1.82) is 0 Å². The molecule has 0 spiro atoms. The second-order valence-electron chi connectivity index (χ2n) is 9.92. The van der Waals surface area contributed by atoms with Crippen LogP contribution >= 0.6 is 0 Å². The molecule has 0 amide bonds. The van der Waals surface area contributed by atoms with Crippen LogP contribution < -0.4 is 5.56 Å². The predicted octanol–water partition coefficient (Wildman–Crippen LogP) is 3.13. The van der Waals surface area contributed by atoms with Crippen LogP contribution in [0.4, 0.5) is 0 Å². The zero-order valence-corrected chi connectivity index (χ0v) is 20.1. The number of pyridine rings is 2. The first-order valence-corrected chi connectivity index (χ1v) is 11.5. The fraction of sp³-hybridized carbons (Fsp3) is 0.385. The normalized spacial score (nSPS) is 18.9. The maximum absolute atomic E-state index is 13.3. The zero-order valence-electron chi connectivity index (χ0n) is 20.1. The van der Waals surface area contributed by atoms with Gasteiger partial charge in [-0.25, -0.2) is 9.78 Å². The van der Waals surface area contributed by atoms with Gasteiger partial charge in [0, 0.05) is 34.7 Å². The highest BCUT2D eigenvalue weighted by atomic mass is 16.6. The van der Waals surface area contributed by atoms with Crippen molar-refractivity contribution in [2.75, 3.05) is 0 Å². The number of fused-ring (bicyclic) bond motifs is 5. The Balaban J connectivity index is 1.61. The maximum atomic E-state index is 13.3. The van der Waals surface area contributed by atoms with Gasteiger partial charge in [-0.1, -0.05) is 12.1 Å². The number of oxime groups is 1. The van der Waals surface area contributed by atoms with Gasteiger partial charge >= 0.3 is 5.97 Å². The van der Waals surface area contributed by atoms with Crippen LogP contribution in [0.3, 0.4) is 0 Å². The second-order valence-corrected chi connectivity index (χ2v) is 9.92. The Morgan fingerprint density at radius 3 is 2.77 bits per heavy atom. The summed E-state index contributed by atoms with van der Waals surface area (Å²) in [6.45, 7) is 7.48. The average Bonchev–Trinajstić information content (AvgIpc) is 3.16. The number of hydrogen-bond acceptors (Lipinski definition) is 8. The number of phenolic OH excluding ortho intramolecular Hbond substituents is 1. The number of hydrogen-bond donors (Lipinski definition) is 2. The van der Waals surface area contributed by atoms with E-state index in [1.165, 1.54) is 0 Å². The molecular weight excluding hydrogens is 450 g/mol. The Hall–Kier alpha value is -3.72. The third-order valence-corrected chi connectivity index (χ3v) is 6.47. The second kappa shape index (κ2) is 7.91. The Kier molecular flexibility index (Phi) is 5.21. The number of esters is 1. The monoisotopic (exact) mass is 477 g/mol. The van der Waals surface area contributed by atoms with Crippen LogP contribution in [0.25, 0.3) is 22.3 Å². The molecule has 0 saturated heterocycles. The Morgan fingerprint density at radius 1 is 1.29 bits per heavy atom. The number of carbonyl (C=O) groups is 1. The average molecular weight is 478 g/mol. The van der Waals surface area contributed by atoms with Crippen LogP contribution in [0, 0.1) is 0 Å². The largest absolute Gasteiger partial charge is 0.508 e. The van der Waals surface area contributed by atoms with Gasteiger partial charge in [-0.15, -0.1) is 0 Å². The lowest BCUT2D eigenvalue weighted by atomic mass is 9.86. The number of cyclic esters (lactones) is 1. The van der Waals surface area contributed by atoms with Crippen molar-refractivity contribution >= 4 is 23.1 Å². The van der Waals surface area contributed by atoms with Crippen LogP contribution in [0.15, 0.2) is 34.2 Å². The minimum absolute atomic E-state index is 0.0862. The summed E-state index contributed by atoms with van der Waals surface area (Å²) in [4.78, 5) is 35.8. The summed E-state index contributed by atoms with van der Waals surface area (Å²) < 4.78 is 6.71. The first-order chi connectivity index (χ1) is 16.5. The van der Waals surface area contributed by atoms with E-state index in [4.69, 9.17) is 14.6 Å². The number of aromatic nitrogens is 2. The molecule has 4 heterocycles. The molecule has 9 heteroatoms. The zero-order chi connectivity index (χ0) is 25.1. The van der Waals surface area contributed by atoms with E-state index >= 15 is 0 Å². The highest BCUT2D eigenvalue weighted by Crippen LogP contribution is 2.39. The van der Waals surface area contributed by atoms with E-state index in [0.29, 0.717) is 28.9 Å². The van der Waals surface area contributed by atoms with E-state index in [0.717, 1.165) is 10.9 Å². The van der Waals surface area contributed by atoms with Crippen molar-refractivity contribution in [3.05, 3.63) is 56.9 Å². The van der Waals surface area contributed by atoms with Crippen LogP contribution in [-0.4, -0.2) is 37.5 Å². The molecule has 2 aromatic heterocycles. The van der Waals surface area contributed by atoms with Gasteiger partial charge in [0.1, 0.15) is 18.0 Å². The van der Waals surface area contributed by atoms with Gasteiger partial charge in [-0.2, -0.15) is 0 Å². The van der Waals surface area contributed by atoms with Crippen molar-refractivity contribution in [2.45, 2.75) is 64.9 Å². The molecule has 182 valence electrons. The summed E-state index contributed by atoms with van der Waals surface area (Å²) in [7, 11) is 0. The Morgan fingerprint density at radius 2 is 2.06 bits per heavy atom. The standard InChI is InChI=1S/C26H27N3O6/c1-5-26(33)18-11-20-22-14(12-29(20)23(31)17(18)13-34-24(26)32)10-16-15(8-9-27-35-25(2,3)4)21(30)7-6-19(16)28-22/h6-7,9-11,30,33H,5,8,12-13H2,1-4H3. The van der Waals surface area contributed by atoms with Crippen molar-refractivity contribution < 1.29 is 24.6 Å². The molecule has 0 aliphatic carbocycles. The summed E-state index contributed by atoms with van der Waals surface area (Å²) in [5.41, 5.74) is 1.22. The van der Waals surface area contributed by atoms with E-state index in [1.807, 2.05) is 26.8 Å². The van der Waals surface area contributed by atoms with Crippen molar-refractivity contribution in [3.8, 4) is 17.1 Å². The van der Waals surface area contributed by atoms with Crippen molar-refractivity contribution in [3.63, 3.8) is 0 Å². The molecule has 1 atom stereocenters. The number of carbonyl (C=O) groups excluding carboxylic acids is 1. The fourth-order valence-corrected chi connectivity index (χ4v) is 4.64. The number of nitrogens with zero attached hydrogens (tertiary/aromatic N) is 3. The van der Waals surface area contributed by atoms with Crippen molar-refractivity contribution in [2.24, 2.45) is 5.16 Å². The van der Waals surface area contributed by atoms with Gasteiger partial charge < -0.3 is 24.4 Å². The molecule has 5 rings (SSSR count). The van der Waals surface area contributed by atoms with Gasteiger partial charge in [-0.05, 0) is 51.5 Å². The van der Waals surface area contributed by atoms with Crippen molar-refractivity contribution in [1.82, 2.24) is 9.55 Å². The van der Waals surface area contributed by atoms with E-state index in [2.05, 4.69) is 5.16 Å². The summed E-state index contributed by atoms with van der Waals surface area (Å²) in [6, 6.07) is 6.90. The number of aliphatic hydroxyl groups is 1. The van der Waals surface area contributed by atoms with E-state index in [-0.39, 0.29) is 42.0 Å². The Bertz CT molecular complexity index is 1470. The SMILES string of the molecule is CCC1(O)C(=O)OCc2c1cc1n(c2=O)Cc2cc3c(CC=NOC(C)(C)C)c(O)ccc3nc2-1. The molecule has 1 aromatic carbocycles. The van der Waals surface area contributed by atoms with Gasteiger partial charge in [0.05, 0.1) is 29.0 Å². The van der Waals surface area contributed by atoms with Gasteiger partial charge in [0.2, 0.25) is 0 Å². The number of rotatable bonds is 4. The molecule has 0 bridgehead atoms. The quantitative estimate of drug-likeness (QED) is 0.263. The summed E-state index contributed by atoms with van der Waals surface area (Å²) in [6.07, 6.45) is 2.02. The molecule has 0 fully saturated rings. The van der Waals surface area contributed by atoms with Crippen LogP contribution in [0.1, 0.15) is 56.4 Å². The lowest BCUT2D eigenvalue weighted by Gasteiger charge is -2.31. The van der Waals surface area contributed by atoms with Crippen LogP contribution in [-0.2, 0) is 39.5 Å². The number of benzene rings is 1. The first kappa shape index (κ1) is 23.0. The molecular formula is C26H27N3O6. The topological polar surface area (TPSA) is 123 Å². The highest BCUT2D eigenvalue weighted by molar-refractivity contribution is 5.90. The molecule has 3 aromatic rings. The predicted molar refractivity (Wildman–Crippen MR) is 129 cm³/mol. The summed E-state index contributed by atoms with van der Waals surface area (Å²) in [5.74, 6) is -0.632. The smallest absolute Gasteiger partial charge is 0.343 e. The summed E-state index contributed by atoms with van der Waals surface area (Å²) >= 11 is 0. The van der Waals surface area contributed by atoms with Gasteiger partial charge in [-0.3, -0.25) is 4.79 Å². The molecule has 0 saturated carbocycles. The Labute approximate surface area is 201 Å². The molecule has 35 heavy (non-hydrogen) atoms. The number of aromatic hydroxyl groups is 1. The molecule has 9 nitrogen and oxygen atoms in total. The third-order valence-electron chi connectivity index (χ3n) is 6.47. The summed E-state index contributed by atoms with van der Waals surface area (Å²) in [5, 5.41) is 26.3. The minimum atomic E-state index is -1.87.